The third-order valence-corrected chi connectivity index (χ3v) is 4.98. The molecular formula is C22H24Cl2N2O3. The molecule has 1 unspecified atom stereocenters. The van der Waals surface area contributed by atoms with Crippen LogP contribution < -0.4 is 10.1 Å². The molecule has 29 heavy (non-hydrogen) atoms. The summed E-state index contributed by atoms with van der Waals surface area (Å²) in [5.74, 6) is 0.187. The maximum atomic E-state index is 12.4. The van der Waals surface area contributed by atoms with Crippen molar-refractivity contribution in [1.82, 2.24) is 10.2 Å². The van der Waals surface area contributed by atoms with Crippen molar-refractivity contribution in [3.8, 4) is 5.75 Å². The molecule has 0 radical (unpaired) electrons. The number of likely N-dealkylation sites (N-methyl/N-ethyl adjacent to an activating group) is 1. The average Bonchev–Trinajstić information content (AvgIpc) is 2.71. The maximum absolute atomic E-state index is 12.4. The molecule has 0 bridgehead atoms. The van der Waals surface area contributed by atoms with Crippen LogP contribution in [-0.4, -0.2) is 37.4 Å². The minimum Gasteiger partial charge on any atom is -0.483 e. The van der Waals surface area contributed by atoms with Gasteiger partial charge in [-0.05, 0) is 36.3 Å². The lowest BCUT2D eigenvalue weighted by Gasteiger charge is -2.20. The molecule has 5 nitrogen and oxygen atoms in total. The van der Waals surface area contributed by atoms with Crippen LogP contribution in [0, 0.1) is 0 Å². The second-order valence-corrected chi connectivity index (χ2v) is 7.41. The number of carbonyl (C=O) groups excluding carboxylic acids is 2. The molecule has 2 rings (SSSR count). The van der Waals surface area contributed by atoms with Crippen LogP contribution in [0.2, 0.25) is 10.0 Å². The monoisotopic (exact) mass is 434 g/mol. The predicted molar refractivity (Wildman–Crippen MR) is 117 cm³/mol. The number of para-hydroxylation sites is 1. The van der Waals surface area contributed by atoms with Crippen molar-refractivity contribution in [3.63, 3.8) is 0 Å². The molecule has 1 atom stereocenters. The molecule has 0 aliphatic carbocycles. The third-order valence-electron chi connectivity index (χ3n) is 4.24. The highest BCUT2D eigenvalue weighted by atomic mass is 35.5. The number of hydrogen-bond donors (Lipinski definition) is 1. The number of amides is 2. The smallest absolute Gasteiger partial charge is 0.259 e. The van der Waals surface area contributed by atoms with Gasteiger partial charge in [-0.1, -0.05) is 54.4 Å². The molecule has 0 spiro atoms. The minimum absolute atomic E-state index is 0.0639. The molecule has 1 N–H and O–H groups in total. The standard InChI is InChI=1S/C22H24Cl2N2O3/c1-4-19(16-7-5-6-8-20(16)29-14-22(28)26(2)3)25-21(27)12-10-15-9-11-17(23)18(24)13-15/h5-13,19H,4,14H2,1-3H3,(H,25,27). The molecule has 2 aromatic rings. The van der Waals surface area contributed by atoms with Crippen LogP contribution in [0.15, 0.2) is 48.5 Å². The Kier molecular flexibility index (Phi) is 8.55. The second-order valence-electron chi connectivity index (χ2n) is 6.59. The second kappa shape index (κ2) is 10.9. The van der Waals surface area contributed by atoms with Crippen LogP contribution in [0.5, 0.6) is 5.75 Å². The number of benzene rings is 2. The van der Waals surface area contributed by atoms with E-state index in [1.807, 2.05) is 25.1 Å². The van der Waals surface area contributed by atoms with E-state index in [0.717, 1.165) is 11.1 Å². The number of nitrogens with zero attached hydrogens (tertiary/aromatic N) is 1. The molecule has 0 heterocycles. The Morgan fingerprint density at radius 3 is 2.52 bits per heavy atom. The molecule has 0 aliphatic rings. The fourth-order valence-corrected chi connectivity index (χ4v) is 2.88. The summed E-state index contributed by atoms with van der Waals surface area (Å²) in [4.78, 5) is 25.7. The highest BCUT2D eigenvalue weighted by Gasteiger charge is 2.17. The van der Waals surface area contributed by atoms with E-state index in [-0.39, 0.29) is 24.5 Å². The van der Waals surface area contributed by atoms with Gasteiger partial charge in [0.15, 0.2) is 6.61 Å². The van der Waals surface area contributed by atoms with Crippen LogP contribution in [0.25, 0.3) is 6.08 Å². The van der Waals surface area contributed by atoms with Crippen molar-refractivity contribution >= 4 is 41.1 Å². The van der Waals surface area contributed by atoms with E-state index in [1.165, 1.54) is 11.0 Å². The topological polar surface area (TPSA) is 58.6 Å². The first-order chi connectivity index (χ1) is 13.8. The predicted octanol–water partition coefficient (Wildman–Crippen LogP) is 4.74. The van der Waals surface area contributed by atoms with Gasteiger partial charge in [-0.15, -0.1) is 0 Å². The minimum atomic E-state index is -0.258. The average molecular weight is 435 g/mol. The van der Waals surface area contributed by atoms with Crippen LogP contribution in [0.4, 0.5) is 0 Å². The molecular weight excluding hydrogens is 411 g/mol. The zero-order chi connectivity index (χ0) is 21.4. The molecule has 0 saturated heterocycles. The molecule has 7 heteroatoms. The van der Waals surface area contributed by atoms with E-state index < -0.39 is 0 Å². The number of rotatable bonds is 8. The van der Waals surface area contributed by atoms with Gasteiger partial charge in [-0.25, -0.2) is 0 Å². The van der Waals surface area contributed by atoms with E-state index >= 15 is 0 Å². The Morgan fingerprint density at radius 2 is 1.86 bits per heavy atom. The van der Waals surface area contributed by atoms with E-state index in [1.54, 1.807) is 44.4 Å². The number of halogens is 2. The molecule has 0 fully saturated rings. The Morgan fingerprint density at radius 1 is 1.14 bits per heavy atom. The van der Waals surface area contributed by atoms with Gasteiger partial charge in [0.25, 0.3) is 5.91 Å². The Labute approximate surface area is 181 Å². The first-order valence-corrected chi connectivity index (χ1v) is 9.93. The van der Waals surface area contributed by atoms with Gasteiger partial charge in [0, 0.05) is 25.7 Å². The molecule has 0 aliphatic heterocycles. The van der Waals surface area contributed by atoms with E-state index in [9.17, 15) is 9.59 Å². The summed E-state index contributed by atoms with van der Waals surface area (Å²) in [6.45, 7) is 1.90. The number of ether oxygens (including phenoxy) is 1. The van der Waals surface area contributed by atoms with Crippen molar-refractivity contribution < 1.29 is 14.3 Å². The molecule has 0 saturated carbocycles. The molecule has 2 aromatic carbocycles. The van der Waals surface area contributed by atoms with Crippen molar-refractivity contribution in [2.45, 2.75) is 19.4 Å². The Bertz CT molecular complexity index is 897. The summed E-state index contributed by atoms with van der Waals surface area (Å²) in [5.41, 5.74) is 1.59. The SMILES string of the molecule is CCC(NC(=O)C=Cc1ccc(Cl)c(Cl)c1)c1ccccc1OCC(=O)N(C)C. The van der Waals surface area contributed by atoms with Gasteiger partial charge < -0.3 is 15.0 Å². The quantitative estimate of drug-likeness (QED) is 0.610. The summed E-state index contributed by atoms with van der Waals surface area (Å²) in [6.07, 6.45) is 3.78. The molecule has 2 amide bonds. The summed E-state index contributed by atoms with van der Waals surface area (Å²) < 4.78 is 5.69. The Hall–Kier alpha value is -2.50. The van der Waals surface area contributed by atoms with Gasteiger partial charge in [-0.3, -0.25) is 9.59 Å². The van der Waals surface area contributed by atoms with Crippen LogP contribution in [0.3, 0.4) is 0 Å². The maximum Gasteiger partial charge on any atom is 0.259 e. The summed E-state index contributed by atoms with van der Waals surface area (Å²) >= 11 is 11.9. The fourth-order valence-electron chi connectivity index (χ4n) is 2.58. The highest BCUT2D eigenvalue weighted by molar-refractivity contribution is 6.42. The van der Waals surface area contributed by atoms with Crippen molar-refractivity contribution in [1.29, 1.82) is 0 Å². The molecule has 0 aromatic heterocycles. The van der Waals surface area contributed by atoms with Crippen LogP contribution >= 0.6 is 23.2 Å². The van der Waals surface area contributed by atoms with Gasteiger partial charge in [-0.2, -0.15) is 0 Å². The highest BCUT2D eigenvalue weighted by Crippen LogP contribution is 2.27. The first-order valence-electron chi connectivity index (χ1n) is 9.17. The van der Waals surface area contributed by atoms with E-state index in [0.29, 0.717) is 22.2 Å². The Balaban J connectivity index is 2.09. The van der Waals surface area contributed by atoms with Gasteiger partial charge >= 0.3 is 0 Å². The summed E-state index contributed by atoms with van der Waals surface area (Å²) in [7, 11) is 3.35. The lowest BCUT2D eigenvalue weighted by atomic mass is 10.0. The normalized spacial score (nSPS) is 11.9. The van der Waals surface area contributed by atoms with Gasteiger partial charge in [0.1, 0.15) is 5.75 Å². The number of hydrogen-bond acceptors (Lipinski definition) is 3. The molecule has 154 valence electrons. The van der Waals surface area contributed by atoms with Crippen LogP contribution in [0.1, 0.15) is 30.5 Å². The van der Waals surface area contributed by atoms with E-state index in [4.69, 9.17) is 27.9 Å². The van der Waals surface area contributed by atoms with Crippen LogP contribution in [-0.2, 0) is 9.59 Å². The zero-order valence-corrected chi connectivity index (χ0v) is 18.1. The largest absolute Gasteiger partial charge is 0.483 e. The lowest BCUT2D eigenvalue weighted by molar-refractivity contribution is -0.130. The fraction of sp³-hybridized carbons (Fsp3) is 0.273. The van der Waals surface area contributed by atoms with Crippen molar-refractivity contribution in [3.05, 3.63) is 69.7 Å². The zero-order valence-electron chi connectivity index (χ0n) is 16.6. The van der Waals surface area contributed by atoms with E-state index in [2.05, 4.69) is 5.32 Å². The van der Waals surface area contributed by atoms with Gasteiger partial charge in [0.05, 0.1) is 16.1 Å². The third kappa shape index (κ3) is 6.80. The van der Waals surface area contributed by atoms with Gasteiger partial charge in [0.2, 0.25) is 5.91 Å². The number of carbonyl (C=O) groups is 2. The summed E-state index contributed by atoms with van der Waals surface area (Å²) in [5, 5.41) is 3.86. The van der Waals surface area contributed by atoms with Crippen molar-refractivity contribution in [2.24, 2.45) is 0 Å². The van der Waals surface area contributed by atoms with Crippen molar-refractivity contribution in [2.75, 3.05) is 20.7 Å². The number of nitrogens with one attached hydrogen (secondary N) is 1. The lowest BCUT2D eigenvalue weighted by Crippen LogP contribution is -2.29. The first kappa shape index (κ1) is 22.8. The summed E-state index contributed by atoms with van der Waals surface area (Å²) in [6, 6.07) is 12.3.